The molecule has 1 aromatic rings. The summed E-state index contributed by atoms with van der Waals surface area (Å²) in [6.07, 6.45) is 1.30. The van der Waals surface area contributed by atoms with E-state index in [9.17, 15) is 8.42 Å². The van der Waals surface area contributed by atoms with Crippen LogP contribution in [0.25, 0.3) is 0 Å². The summed E-state index contributed by atoms with van der Waals surface area (Å²) in [5.74, 6) is 0.652. The zero-order valence-corrected chi connectivity index (χ0v) is 11.1. The third-order valence-electron chi connectivity index (χ3n) is 2.85. The van der Waals surface area contributed by atoms with Crippen molar-refractivity contribution >= 4 is 9.84 Å². The molecule has 3 nitrogen and oxygen atoms in total. The highest BCUT2D eigenvalue weighted by Gasteiger charge is 2.15. The highest BCUT2D eigenvalue weighted by Crippen LogP contribution is 2.19. The molecule has 0 fully saturated rings. The minimum atomic E-state index is -2.90. The lowest BCUT2D eigenvalue weighted by Crippen LogP contribution is -2.18. The van der Waals surface area contributed by atoms with E-state index in [1.54, 1.807) is 0 Å². The average molecular weight is 255 g/mol. The number of nitrogens with two attached hydrogens (primary N) is 1. The number of hydrogen-bond acceptors (Lipinski definition) is 3. The second-order valence-corrected chi connectivity index (χ2v) is 6.59. The summed E-state index contributed by atoms with van der Waals surface area (Å²) >= 11 is 0. The smallest absolute Gasteiger partial charge is 0.150 e. The first-order valence-corrected chi connectivity index (χ1v) is 7.86. The van der Waals surface area contributed by atoms with Crippen molar-refractivity contribution in [1.29, 1.82) is 0 Å². The van der Waals surface area contributed by atoms with Gasteiger partial charge in [0, 0.05) is 5.75 Å². The molecule has 1 atom stereocenters. The van der Waals surface area contributed by atoms with E-state index in [2.05, 4.69) is 0 Å². The normalized spacial score (nSPS) is 13.5. The van der Waals surface area contributed by atoms with Gasteiger partial charge in [0.25, 0.3) is 0 Å². The predicted molar refractivity (Wildman–Crippen MR) is 71.8 cm³/mol. The summed E-state index contributed by atoms with van der Waals surface area (Å²) in [5.41, 5.74) is 6.84. The maximum Gasteiger partial charge on any atom is 0.150 e. The van der Waals surface area contributed by atoms with Crippen LogP contribution in [0.3, 0.4) is 0 Å². The van der Waals surface area contributed by atoms with Gasteiger partial charge in [0.1, 0.15) is 9.84 Å². The fourth-order valence-corrected chi connectivity index (χ4v) is 3.35. The monoisotopic (exact) mass is 255 g/mol. The second kappa shape index (κ2) is 6.77. The Morgan fingerprint density at radius 2 is 1.82 bits per heavy atom. The number of rotatable bonds is 7. The van der Waals surface area contributed by atoms with Crippen LogP contribution in [-0.4, -0.2) is 26.5 Å². The maximum absolute atomic E-state index is 11.6. The first kappa shape index (κ1) is 14.2. The molecule has 0 saturated carbocycles. The van der Waals surface area contributed by atoms with Crippen molar-refractivity contribution < 1.29 is 8.42 Å². The zero-order valence-electron chi connectivity index (χ0n) is 10.3. The van der Waals surface area contributed by atoms with Crippen LogP contribution in [0.4, 0.5) is 0 Å². The molecule has 1 unspecified atom stereocenters. The Bertz CT molecular complexity index is 414. The molecule has 96 valence electrons. The van der Waals surface area contributed by atoms with E-state index in [-0.39, 0.29) is 17.4 Å². The van der Waals surface area contributed by atoms with Gasteiger partial charge in [-0.1, -0.05) is 37.3 Å². The van der Waals surface area contributed by atoms with E-state index in [1.165, 1.54) is 0 Å². The van der Waals surface area contributed by atoms with Crippen LogP contribution in [0, 0.1) is 0 Å². The Balaban J connectivity index is 2.60. The molecule has 0 saturated heterocycles. The van der Waals surface area contributed by atoms with Crippen molar-refractivity contribution in [3.63, 3.8) is 0 Å². The van der Waals surface area contributed by atoms with E-state index in [1.807, 2.05) is 37.3 Å². The highest BCUT2D eigenvalue weighted by molar-refractivity contribution is 7.91. The van der Waals surface area contributed by atoms with Crippen molar-refractivity contribution in [1.82, 2.24) is 0 Å². The van der Waals surface area contributed by atoms with Crippen LogP contribution >= 0.6 is 0 Å². The zero-order chi connectivity index (χ0) is 12.7. The van der Waals surface area contributed by atoms with E-state index in [4.69, 9.17) is 5.73 Å². The number of hydrogen-bond donors (Lipinski definition) is 1. The van der Waals surface area contributed by atoms with Gasteiger partial charge in [0.05, 0.1) is 5.75 Å². The standard InChI is InChI=1S/C13H21NO2S/c1-2-9-17(15,16)10-8-13(11-14)12-6-4-3-5-7-12/h3-7,13H,2,8-11,14H2,1H3. The fourth-order valence-electron chi connectivity index (χ4n) is 1.88. The predicted octanol–water partition coefficient (Wildman–Crippen LogP) is 1.94. The van der Waals surface area contributed by atoms with Crippen LogP contribution in [0.1, 0.15) is 31.2 Å². The van der Waals surface area contributed by atoms with Crippen molar-refractivity contribution in [2.45, 2.75) is 25.7 Å². The van der Waals surface area contributed by atoms with Gasteiger partial charge in [0.15, 0.2) is 0 Å². The molecule has 0 radical (unpaired) electrons. The molecule has 0 spiro atoms. The molecule has 0 aliphatic carbocycles. The molecule has 0 aliphatic heterocycles. The van der Waals surface area contributed by atoms with Crippen LogP contribution in [0.2, 0.25) is 0 Å². The van der Waals surface area contributed by atoms with Crippen LogP contribution < -0.4 is 5.73 Å². The van der Waals surface area contributed by atoms with Crippen molar-refractivity contribution in [2.24, 2.45) is 5.73 Å². The SMILES string of the molecule is CCCS(=O)(=O)CCC(CN)c1ccccc1. The van der Waals surface area contributed by atoms with Crippen LogP contribution in [-0.2, 0) is 9.84 Å². The lowest BCUT2D eigenvalue weighted by molar-refractivity contribution is 0.583. The van der Waals surface area contributed by atoms with Gasteiger partial charge < -0.3 is 5.73 Å². The Hall–Kier alpha value is -0.870. The molecule has 0 heterocycles. The molecular formula is C13H21NO2S. The van der Waals surface area contributed by atoms with E-state index < -0.39 is 9.84 Å². The highest BCUT2D eigenvalue weighted by atomic mass is 32.2. The molecule has 0 amide bonds. The number of benzene rings is 1. The Morgan fingerprint density at radius 3 is 2.35 bits per heavy atom. The van der Waals surface area contributed by atoms with E-state index in [0.29, 0.717) is 19.4 Å². The minimum absolute atomic E-state index is 0.142. The lowest BCUT2D eigenvalue weighted by atomic mass is 9.97. The molecule has 0 bridgehead atoms. The largest absolute Gasteiger partial charge is 0.330 e. The summed E-state index contributed by atoms with van der Waals surface area (Å²) in [7, 11) is -2.90. The van der Waals surface area contributed by atoms with Crippen molar-refractivity contribution in [2.75, 3.05) is 18.1 Å². The third kappa shape index (κ3) is 4.88. The van der Waals surface area contributed by atoms with E-state index in [0.717, 1.165) is 5.56 Å². The first-order chi connectivity index (χ1) is 8.09. The van der Waals surface area contributed by atoms with Gasteiger partial charge in [-0.3, -0.25) is 0 Å². The van der Waals surface area contributed by atoms with Gasteiger partial charge in [0.2, 0.25) is 0 Å². The molecule has 4 heteroatoms. The molecule has 0 aromatic heterocycles. The fraction of sp³-hybridized carbons (Fsp3) is 0.538. The molecule has 1 rings (SSSR count). The van der Waals surface area contributed by atoms with Gasteiger partial charge in [-0.05, 0) is 30.9 Å². The Morgan fingerprint density at radius 1 is 1.18 bits per heavy atom. The first-order valence-electron chi connectivity index (χ1n) is 6.04. The Labute approximate surface area is 104 Å². The number of sulfone groups is 1. The van der Waals surface area contributed by atoms with Crippen LogP contribution in [0.15, 0.2) is 30.3 Å². The quantitative estimate of drug-likeness (QED) is 0.810. The van der Waals surface area contributed by atoms with Crippen molar-refractivity contribution in [3.8, 4) is 0 Å². The second-order valence-electron chi connectivity index (χ2n) is 4.28. The van der Waals surface area contributed by atoms with Gasteiger partial charge >= 0.3 is 0 Å². The summed E-state index contributed by atoms with van der Waals surface area (Å²) in [4.78, 5) is 0. The Kier molecular flexibility index (Phi) is 5.65. The van der Waals surface area contributed by atoms with E-state index >= 15 is 0 Å². The van der Waals surface area contributed by atoms with Crippen LogP contribution in [0.5, 0.6) is 0 Å². The molecule has 2 N–H and O–H groups in total. The van der Waals surface area contributed by atoms with Gasteiger partial charge in [-0.25, -0.2) is 8.42 Å². The molecule has 0 aliphatic rings. The minimum Gasteiger partial charge on any atom is -0.330 e. The van der Waals surface area contributed by atoms with Gasteiger partial charge in [-0.2, -0.15) is 0 Å². The summed E-state index contributed by atoms with van der Waals surface area (Å²) < 4.78 is 23.3. The topological polar surface area (TPSA) is 60.2 Å². The average Bonchev–Trinajstić information content (AvgIpc) is 2.31. The third-order valence-corrected chi connectivity index (χ3v) is 4.74. The molecule has 1 aromatic carbocycles. The van der Waals surface area contributed by atoms with Crippen molar-refractivity contribution in [3.05, 3.63) is 35.9 Å². The molecule has 17 heavy (non-hydrogen) atoms. The lowest BCUT2D eigenvalue weighted by Gasteiger charge is -2.14. The van der Waals surface area contributed by atoms with Gasteiger partial charge in [-0.15, -0.1) is 0 Å². The summed E-state index contributed by atoms with van der Waals surface area (Å²) in [6, 6.07) is 9.87. The summed E-state index contributed by atoms with van der Waals surface area (Å²) in [6.45, 7) is 2.38. The molecular weight excluding hydrogens is 234 g/mol. The summed E-state index contributed by atoms with van der Waals surface area (Å²) in [5, 5.41) is 0. The maximum atomic E-state index is 11.6.